The molecular weight excluding hydrogens is 380 g/mol. The van der Waals surface area contributed by atoms with Gasteiger partial charge >= 0.3 is 5.97 Å². The lowest BCUT2D eigenvalue weighted by atomic mass is 10.1. The zero-order chi connectivity index (χ0) is 21.3. The van der Waals surface area contributed by atoms with Crippen LogP contribution >= 0.6 is 0 Å². The van der Waals surface area contributed by atoms with E-state index in [1.807, 2.05) is 36.4 Å². The van der Waals surface area contributed by atoms with Gasteiger partial charge in [0.15, 0.2) is 0 Å². The maximum absolute atomic E-state index is 12.3. The summed E-state index contributed by atoms with van der Waals surface area (Å²) in [4.78, 5) is 24.0. The lowest BCUT2D eigenvalue weighted by Gasteiger charge is -2.04. The fourth-order valence-corrected chi connectivity index (χ4v) is 2.73. The fraction of sp³-hybridized carbons (Fsp3) is 0.125. The molecule has 0 spiro atoms. The van der Waals surface area contributed by atoms with E-state index in [1.165, 1.54) is 6.08 Å². The SMILES string of the molecule is CCOC(=O)c1ccc(-c2ccc(/C=C(/C#N)C(=O)NCc3ccccc3)o2)cc1. The zero-order valence-corrected chi connectivity index (χ0v) is 16.4. The van der Waals surface area contributed by atoms with Gasteiger partial charge in [0.25, 0.3) is 5.91 Å². The van der Waals surface area contributed by atoms with Crippen molar-refractivity contribution in [3.05, 3.63) is 89.2 Å². The van der Waals surface area contributed by atoms with E-state index in [4.69, 9.17) is 9.15 Å². The number of benzene rings is 2. The van der Waals surface area contributed by atoms with Crippen LogP contribution in [0.3, 0.4) is 0 Å². The number of esters is 1. The third-order valence-corrected chi connectivity index (χ3v) is 4.25. The molecule has 0 atom stereocenters. The van der Waals surface area contributed by atoms with E-state index in [1.54, 1.807) is 43.3 Å². The Morgan fingerprint density at radius 3 is 2.47 bits per heavy atom. The Bertz CT molecular complexity index is 1090. The van der Waals surface area contributed by atoms with Crippen LogP contribution in [0.2, 0.25) is 0 Å². The molecule has 0 saturated heterocycles. The molecule has 1 aromatic heterocycles. The molecule has 2 aromatic carbocycles. The normalized spacial score (nSPS) is 10.9. The van der Waals surface area contributed by atoms with Crippen molar-refractivity contribution in [3.8, 4) is 17.4 Å². The molecule has 0 bridgehead atoms. The summed E-state index contributed by atoms with van der Waals surface area (Å²) in [5.74, 6) is 0.0786. The summed E-state index contributed by atoms with van der Waals surface area (Å²) in [6.45, 7) is 2.39. The smallest absolute Gasteiger partial charge is 0.338 e. The molecule has 0 aliphatic carbocycles. The van der Waals surface area contributed by atoms with Crippen molar-refractivity contribution in [2.24, 2.45) is 0 Å². The molecule has 0 fully saturated rings. The first-order valence-corrected chi connectivity index (χ1v) is 9.42. The molecule has 0 radical (unpaired) electrons. The summed E-state index contributed by atoms with van der Waals surface area (Å²) < 4.78 is 10.7. The number of rotatable bonds is 7. The number of nitrogens with one attached hydrogen (secondary N) is 1. The van der Waals surface area contributed by atoms with Gasteiger partial charge in [0.05, 0.1) is 12.2 Å². The minimum absolute atomic E-state index is 0.0514. The summed E-state index contributed by atoms with van der Waals surface area (Å²) in [6.07, 6.45) is 1.40. The highest BCUT2D eigenvalue weighted by molar-refractivity contribution is 6.01. The molecule has 1 amide bonds. The highest BCUT2D eigenvalue weighted by Gasteiger charge is 2.12. The quantitative estimate of drug-likeness (QED) is 0.362. The number of hydrogen-bond donors (Lipinski definition) is 1. The van der Waals surface area contributed by atoms with Crippen LogP contribution in [0.25, 0.3) is 17.4 Å². The van der Waals surface area contributed by atoms with E-state index in [0.29, 0.717) is 30.2 Å². The maximum Gasteiger partial charge on any atom is 0.338 e. The van der Waals surface area contributed by atoms with Crippen molar-refractivity contribution in [3.63, 3.8) is 0 Å². The zero-order valence-electron chi connectivity index (χ0n) is 16.4. The van der Waals surface area contributed by atoms with Crippen LogP contribution in [0, 0.1) is 11.3 Å². The fourth-order valence-electron chi connectivity index (χ4n) is 2.73. The first-order chi connectivity index (χ1) is 14.6. The molecule has 1 heterocycles. The molecule has 0 aliphatic rings. The summed E-state index contributed by atoms with van der Waals surface area (Å²) >= 11 is 0. The van der Waals surface area contributed by atoms with Crippen LogP contribution < -0.4 is 5.32 Å². The molecule has 150 valence electrons. The third-order valence-electron chi connectivity index (χ3n) is 4.25. The molecule has 30 heavy (non-hydrogen) atoms. The van der Waals surface area contributed by atoms with Gasteiger partial charge in [-0.15, -0.1) is 0 Å². The number of ether oxygens (including phenoxy) is 1. The van der Waals surface area contributed by atoms with Gasteiger partial charge in [-0.2, -0.15) is 5.26 Å². The lowest BCUT2D eigenvalue weighted by Crippen LogP contribution is -2.23. The summed E-state index contributed by atoms with van der Waals surface area (Å²) in [7, 11) is 0. The number of nitrogens with zero attached hydrogens (tertiary/aromatic N) is 1. The standard InChI is InChI=1S/C24H20N2O4/c1-2-29-24(28)19-10-8-18(9-11-19)22-13-12-21(30-22)14-20(15-25)23(27)26-16-17-6-4-3-5-7-17/h3-14H,2,16H2,1H3,(H,26,27)/b20-14-. The summed E-state index contributed by atoms with van der Waals surface area (Å²) in [5, 5.41) is 12.1. The Kier molecular flexibility index (Phi) is 6.80. The second-order valence-electron chi connectivity index (χ2n) is 6.34. The van der Waals surface area contributed by atoms with Crippen molar-refractivity contribution in [2.45, 2.75) is 13.5 Å². The Morgan fingerprint density at radius 2 is 1.80 bits per heavy atom. The highest BCUT2D eigenvalue weighted by Crippen LogP contribution is 2.24. The number of amides is 1. The largest absolute Gasteiger partial charge is 0.462 e. The van der Waals surface area contributed by atoms with Gasteiger partial charge in [-0.1, -0.05) is 42.5 Å². The van der Waals surface area contributed by atoms with E-state index >= 15 is 0 Å². The second-order valence-corrected chi connectivity index (χ2v) is 6.34. The number of furan rings is 1. The predicted octanol–water partition coefficient (Wildman–Crippen LogP) is 4.35. The van der Waals surface area contributed by atoms with Crippen molar-refractivity contribution >= 4 is 18.0 Å². The average molecular weight is 400 g/mol. The number of hydrogen-bond acceptors (Lipinski definition) is 5. The van der Waals surface area contributed by atoms with E-state index in [0.717, 1.165) is 11.1 Å². The van der Waals surface area contributed by atoms with Gasteiger partial charge in [-0.25, -0.2) is 4.79 Å². The van der Waals surface area contributed by atoms with Gasteiger partial charge in [-0.05, 0) is 36.8 Å². The molecule has 6 heteroatoms. The monoisotopic (exact) mass is 400 g/mol. The first-order valence-electron chi connectivity index (χ1n) is 9.42. The minimum Gasteiger partial charge on any atom is -0.462 e. The number of carbonyl (C=O) groups excluding carboxylic acids is 2. The van der Waals surface area contributed by atoms with E-state index in [9.17, 15) is 14.9 Å². The number of carbonyl (C=O) groups is 2. The molecule has 3 aromatic rings. The Balaban J connectivity index is 1.69. The third kappa shape index (κ3) is 5.24. The van der Waals surface area contributed by atoms with Crippen molar-refractivity contribution < 1.29 is 18.7 Å². The van der Waals surface area contributed by atoms with Gasteiger partial charge in [-0.3, -0.25) is 4.79 Å². The Labute approximate surface area is 174 Å². The van der Waals surface area contributed by atoms with Gasteiger partial charge in [0.1, 0.15) is 23.2 Å². The minimum atomic E-state index is -0.474. The lowest BCUT2D eigenvalue weighted by molar-refractivity contribution is -0.117. The topological polar surface area (TPSA) is 92.3 Å². The van der Waals surface area contributed by atoms with Crippen molar-refractivity contribution in [1.82, 2.24) is 5.32 Å². The average Bonchev–Trinajstić information content (AvgIpc) is 3.25. The van der Waals surface area contributed by atoms with Crippen LogP contribution in [0.1, 0.15) is 28.6 Å². The predicted molar refractivity (Wildman–Crippen MR) is 112 cm³/mol. The Morgan fingerprint density at radius 1 is 1.07 bits per heavy atom. The number of nitriles is 1. The van der Waals surface area contributed by atoms with E-state index in [2.05, 4.69) is 5.32 Å². The molecular formula is C24H20N2O4. The van der Waals surface area contributed by atoms with Crippen molar-refractivity contribution in [2.75, 3.05) is 6.61 Å². The molecule has 6 nitrogen and oxygen atoms in total. The van der Waals surface area contributed by atoms with E-state index < -0.39 is 5.91 Å². The first kappa shape index (κ1) is 20.6. The second kappa shape index (κ2) is 9.89. The van der Waals surface area contributed by atoms with Crippen LogP contribution in [-0.4, -0.2) is 18.5 Å². The highest BCUT2D eigenvalue weighted by atomic mass is 16.5. The van der Waals surface area contributed by atoms with E-state index in [-0.39, 0.29) is 11.5 Å². The van der Waals surface area contributed by atoms with Crippen LogP contribution in [0.15, 0.2) is 76.7 Å². The molecule has 0 saturated carbocycles. The van der Waals surface area contributed by atoms with Gasteiger partial charge in [0.2, 0.25) is 0 Å². The van der Waals surface area contributed by atoms with Crippen LogP contribution in [0.5, 0.6) is 0 Å². The maximum atomic E-state index is 12.3. The molecule has 0 unspecified atom stereocenters. The molecule has 1 N–H and O–H groups in total. The van der Waals surface area contributed by atoms with Crippen LogP contribution in [0.4, 0.5) is 0 Å². The summed E-state index contributed by atoms with van der Waals surface area (Å²) in [5.41, 5.74) is 2.10. The van der Waals surface area contributed by atoms with Gasteiger partial charge < -0.3 is 14.5 Å². The van der Waals surface area contributed by atoms with Crippen molar-refractivity contribution in [1.29, 1.82) is 5.26 Å². The molecule has 3 rings (SSSR count). The van der Waals surface area contributed by atoms with Gasteiger partial charge in [0, 0.05) is 18.2 Å². The summed E-state index contributed by atoms with van der Waals surface area (Å²) in [6, 6.07) is 21.6. The van der Waals surface area contributed by atoms with Crippen LogP contribution in [-0.2, 0) is 16.1 Å². The molecule has 0 aliphatic heterocycles. The Hall–Kier alpha value is -4.11.